The van der Waals surface area contributed by atoms with E-state index >= 15 is 0 Å². The fourth-order valence-electron chi connectivity index (χ4n) is 4.86. The molecule has 2 heterocycles. The Kier molecular flexibility index (Phi) is 6.81. The van der Waals surface area contributed by atoms with Crippen LogP contribution in [0.15, 0.2) is 72.8 Å². The quantitative estimate of drug-likeness (QED) is 0.223. The van der Waals surface area contributed by atoms with Crippen molar-refractivity contribution < 1.29 is 4.79 Å². The number of nitrogens with zero attached hydrogens (tertiary/aromatic N) is 2. The molecule has 1 aromatic heterocycles. The summed E-state index contributed by atoms with van der Waals surface area (Å²) in [6, 6.07) is 21.9. The molecule has 0 radical (unpaired) electrons. The lowest BCUT2D eigenvalue weighted by molar-refractivity contribution is -0.111. The van der Waals surface area contributed by atoms with E-state index < -0.39 is 0 Å². The molecule has 0 saturated carbocycles. The van der Waals surface area contributed by atoms with E-state index in [-0.39, 0.29) is 11.8 Å². The molecule has 36 heavy (non-hydrogen) atoms. The number of fused-ring (bicyclic) bond motifs is 1. The molecule has 0 aliphatic carbocycles. The van der Waals surface area contributed by atoms with Gasteiger partial charge in [0.2, 0.25) is 5.91 Å². The van der Waals surface area contributed by atoms with Gasteiger partial charge in [-0.15, -0.1) is 0 Å². The van der Waals surface area contributed by atoms with Crippen molar-refractivity contribution in [1.82, 2.24) is 14.9 Å². The molecule has 1 saturated heterocycles. The van der Waals surface area contributed by atoms with E-state index in [9.17, 15) is 4.79 Å². The number of likely N-dealkylation sites (tertiary alicyclic amines) is 1. The molecule has 4 N–H and O–H groups in total. The van der Waals surface area contributed by atoms with Crippen molar-refractivity contribution in [3.63, 3.8) is 0 Å². The Morgan fingerprint density at radius 3 is 2.61 bits per heavy atom. The van der Waals surface area contributed by atoms with Gasteiger partial charge in [-0.05, 0) is 61.4 Å². The summed E-state index contributed by atoms with van der Waals surface area (Å²) in [6.45, 7) is 6.39. The minimum Gasteiger partial charge on any atom is -0.397 e. The molecule has 1 aliphatic rings. The van der Waals surface area contributed by atoms with E-state index in [4.69, 9.17) is 22.3 Å². The number of benzene rings is 3. The molecular weight excluding hydrogens is 470 g/mol. The summed E-state index contributed by atoms with van der Waals surface area (Å²) >= 11 is 6.19. The smallest absolute Gasteiger partial charge is 0.248 e. The Labute approximate surface area is 216 Å². The number of H-pyrrole nitrogens is 1. The van der Waals surface area contributed by atoms with Gasteiger partial charge < -0.3 is 16.0 Å². The Morgan fingerprint density at radius 1 is 1.11 bits per heavy atom. The molecule has 1 aliphatic heterocycles. The molecule has 0 spiro atoms. The van der Waals surface area contributed by atoms with Crippen LogP contribution in [0, 0.1) is 0 Å². The largest absolute Gasteiger partial charge is 0.397 e. The molecular formula is C29H30ClN5O. The first-order chi connectivity index (χ1) is 17.4. The predicted octanol–water partition coefficient (Wildman–Crippen LogP) is 6.04. The highest BCUT2D eigenvalue weighted by Crippen LogP contribution is 2.40. The third-order valence-electron chi connectivity index (χ3n) is 6.90. The number of hydrogen-bond acceptors (Lipinski definition) is 4. The average Bonchev–Trinajstić information content (AvgIpc) is 3.49. The number of anilines is 2. The second-order valence-electron chi connectivity index (χ2n) is 9.62. The van der Waals surface area contributed by atoms with E-state index in [1.165, 1.54) is 11.6 Å². The summed E-state index contributed by atoms with van der Waals surface area (Å²) in [6.07, 6.45) is 3.34. The first-order valence-electron chi connectivity index (χ1n) is 12.2. The van der Waals surface area contributed by atoms with E-state index in [1.54, 1.807) is 12.1 Å². The van der Waals surface area contributed by atoms with Gasteiger partial charge in [0.05, 0.1) is 22.4 Å². The lowest BCUT2D eigenvalue weighted by Crippen LogP contribution is -2.28. The number of nitrogens with one attached hydrogen (secondary N) is 2. The second-order valence-corrected chi connectivity index (χ2v) is 10.1. The van der Waals surface area contributed by atoms with Gasteiger partial charge in [0.15, 0.2) is 0 Å². The number of halogens is 1. The summed E-state index contributed by atoms with van der Waals surface area (Å²) in [5.74, 6) is 1.35. The Bertz CT molecular complexity index is 1410. The summed E-state index contributed by atoms with van der Waals surface area (Å²) in [5, 5.41) is 3.52. The van der Waals surface area contributed by atoms with E-state index in [2.05, 4.69) is 53.3 Å². The van der Waals surface area contributed by atoms with Crippen molar-refractivity contribution in [2.24, 2.45) is 0 Å². The zero-order valence-corrected chi connectivity index (χ0v) is 21.2. The molecule has 4 aromatic rings. The number of carbonyl (C=O) groups excluding carboxylic acids is 1. The highest BCUT2D eigenvalue weighted by Gasteiger charge is 2.37. The van der Waals surface area contributed by atoms with Gasteiger partial charge in [0.1, 0.15) is 5.82 Å². The molecule has 6 nitrogen and oxygen atoms in total. The highest BCUT2D eigenvalue weighted by molar-refractivity contribution is 6.31. The number of hydrogen-bond donors (Lipinski definition) is 3. The fraction of sp³-hybridized carbons (Fsp3) is 0.241. The van der Waals surface area contributed by atoms with Crippen molar-refractivity contribution in [2.45, 2.75) is 31.7 Å². The first kappa shape index (κ1) is 24.1. The van der Waals surface area contributed by atoms with Crippen molar-refractivity contribution in [3.05, 3.63) is 94.8 Å². The van der Waals surface area contributed by atoms with Crippen LogP contribution in [0.3, 0.4) is 0 Å². The van der Waals surface area contributed by atoms with Crippen LogP contribution in [0.1, 0.15) is 42.6 Å². The minimum atomic E-state index is -0.217. The van der Waals surface area contributed by atoms with Crippen LogP contribution < -0.4 is 11.1 Å². The molecule has 3 aromatic carbocycles. The van der Waals surface area contributed by atoms with Crippen LogP contribution >= 0.6 is 11.6 Å². The average molecular weight is 500 g/mol. The lowest BCUT2D eigenvalue weighted by atomic mass is 9.88. The van der Waals surface area contributed by atoms with Crippen LogP contribution in [0.2, 0.25) is 5.02 Å². The number of carbonyl (C=O) groups is 1. The monoisotopic (exact) mass is 499 g/mol. The summed E-state index contributed by atoms with van der Waals surface area (Å²) in [7, 11) is 0. The molecule has 5 rings (SSSR count). The molecule has 2 atom stereocenters. The highest BCUT2D eigenvalue weighted by atomic mass is 35.5. The van der Waals surface area contributed by atoms with Crippen LogP contribution in [0.5, 0.6) is 0 Å². The molecule has 2 unspecified atom stereocenters. The number of nitrogens with two attached hydrogens (primary N) is 1. The summed E-state index contributed by atoms with van der Waals surface area (Å²) in [5.41, 5.74) is 11.2. The van der Waals surface area contributed by atoms with Crippen molar-refractivity contribution in [1.29, 1.82) is 0 Å². The third-order valence-corrected chi connectivity index (χ3v) is 7.14. The standard InChI is InChI=1S/C29H30ClN5O/c1-18(2)35-16-22(23(17-35)29-33-26-13-12-21(30)15-27(26)34-29)20-10-7-19(8-11-20)9-14-28(36)32-25-6-4-3-5-24(25)31/h3-15,18,22-23H,16-17,31H2,1-2H3,(H,32,36)(H,33,34). The number of para-hydroxylation sites is 2. The Balaban J connectivity index is 1.34. The van der Waals surface area contributed by atoms with Gasteiger partial charge in [0.25, 0.3) is 0 Å². The maximum absolute atomic E-state index is 12.3. The molecule has 7 heteroatoms. The van der Waals surface area contributed by atoms with Crippen molar-refractivity contribution >= 4 is 46.0 Å². The van der Waals surface area contributed by atoms with Crippen LogP contribution in [-0.2, 0) is 4.79 Å². The number of imidazole rings is 1. The fourth-order valence-corrected chi connectivity index (χ4v) is 5.03. The maximum Gasteiger partial charge on any atom is 0.248 e. The number of aromatic nitrogens is 2. The van der Waals surface area contributed by atoms with E-state index in [0.29, 0.717) is 28.4 Å². The van der Waals surface area contributed by atoms with Gasteiger partial charge in [-0.25, -0.2) is 4.98 Å². The summed E-state index contributed by atoms with van der Waals surface area (Å²) < 4.78 is 0. The maximum atomic E-state index is 12.3. The number of aromatic amines is 1. The lowest BCUT2D eigenvalue weighted by Gasteiger charge is -2.20. The van der Waals surface area contributed by atoms with Gasteiger partial charge >= 0.3 is 0 Å². The van der Waals surface area contributed by atoms with Gasteiger partial charge in [-0.2, -0.15) is 0 Å². The number of amides is 1. The minimum absolute atomic E-state index is 0.217. The van der Waals surface area contributed by atoms with E-state index in [1.807, 2.05) is 36.4 Å². The van der Waals surface area contributed by atoms with Crippen LogP contribution in [-0.4, -0.2) is 39.9 Å². The van der Waals surface area contributed by atoms with Crippen molar-refractivity contribution in [3.8, 4) is 0 Å². The molecule has 1 amide bonds. The normalized spacial score (nSPS) is 18.4. The SMILES string of the molecule is CC(C)N1CC(c2ccc(C=CC(=O)Nc3ccccc3N)cc2)C(c2nc3ccc(Cl)cc3[nH]2)C1. The topological polar surface area (TPSA) is 87.0 Å². The van der Waals surface area contributed by atoms with Crippen LogP contribution in [0.4, 0.5) is 11.4 Å². The van der Waals surface area contributed by atoms with Gasteiger partial charge in [0, 0.05) is 42.1 Å². The van der Waals surface area contributed by atoms with Gasteiger partial charge in [-0.3, -0.25) is 9.69 Å². The number of nitrogen functional groups attached to an aromatic ring is 1. The molecule has 184 valence electrons. The van der Waals surface area contributed by atoms with Crippen molar-refractivity contribution in [2.75, 3.05) is 24.1 Å². The zero-order valence-electron chi connectivity index (χ0n) is 20.4. The van der Waals surface area contributed by atoms with Gasteiger partial charge in [-0.1, -0.05) is 48.0 Å². The predicted molar refractivity (Wildman–Crippen MR) is 148 cm³/mol. The second kappa shape index (κ2) is 10.2. The van der Waals surface area contributed by atoms with E-state index in [0.717, 1.165) is 35.5 Å². The molecule has 1 fully saturated rings. The molecule has 0 bridgehead atoms. The Hall–Kier alpha value is -3.61. The zero-order chi connectivity index (χ0) is 25.2. The van der Waals surface area contributed by atoms with Crippen LogP contribution in [0.25, 0.3) is 17.1 Å². The third kappa shape index (κ3) is 5.15. The Morgan fingerprint density at radius 2 is 1.86 bits per heavy atom. The first-order valence-corrected chi connectivity index (χ1v) is 12.6. The summed E-state index contributed by atoms with van der Waals surface area (Å²) in [4.78, 5) is 23.3. The number of rotatable bonds is 6.